The van der Waals surface area contributed by atoms with Crippen molar-refractivity contribution >= 4 is 29.4 Å². The predicted octanol–water partition coefficient (Wildman–Crippen LogP) is 5.90. The number of rotatable bonds is 7. The number of pyridine rings is 1. The molecule has 43 heavy (non-hydrogen) atoms. The van der Waals surface area contributed by atoms with Crippen molar-refractivity contribution in [3.8, 4) is 16.9 Å². The van der Waals surface area contributed by atoms with Crippen LogP contribution in [0.5, 0.6) is 5.75 Å². The van der Waals surface area contributed by atoms with Crippen molar-refractivity contribution in [3.63, 3.8) is 0 Å². The summed E-state index contributed by atoms with van der Waals surface area (Å²) < 4.78 is 60.6. The monoisotopic (exact) mass is 597 g/mol. The summed E-state index contributed by atoms with van der Waals surface area (Å²) in [4.78, 5) is 14.5. The quantitative estimate of drug-likeness (QED) is 0.136. The van der Waals surface area contributed by atoms with Crippen LogP contribution >= 0.6 is 0 Å². The van der Waals surface area contributed by atoms with Crippen LogP contribution in [0.15, 0.2) is 82.1 Å². The summed E-state index contributed by atoms with van der Waals surface area (Å²) in [6.45, 7) is 7.04. The molecule has 0 spiro atoms. The number of aryl methyl sites for hydroxylation is 1. The topological polar surface area (TPSA) is 107 Å². The first-order valence-electron chi connectivity index (χ1n) is 13.4. The zero-order valence-electron chi connectivity index (χ0n) is 23.6. The molecule has 0 amide bonds. The minimum atomic E-state index is -4.58. The molecule has 1 aromatic heterocycles. The summed E-state index contributed by atoms with van der Waals surface area (Å²) in [6, 6.07) is 13.0. The van der Waals surface area contributed by atoms with Gasteiger partial charge in [0.25, 0.3) is 0 Å². The molecule has 226 valence electrons. The van der Waals surface area contributed by atoms with Crippen LogP contribution in [0.25, 0.3) is 11.1 Å². The molecule has 0 radical (unpaired) electrons. The van der Waals surface area contributed by atoms with Gasteiger partial charge in [-0.3, -0.25) is 4.99 Å². The number of phenolic OH excluding ortho intramolecular Hbond substituents is 1. The van der Waals surface area contributed by atoms with Gasteiger partial charge in [0.05, 0.1) is 42.1 Å². The minimum absolute atomic E-state index is 0.0373. The van der Waals surface area contributed by atoms with Crippen molar-refractivity contribution in [2.45, 2.75) is 19.5 Å². The lowest BCUT2D eigenvalue weighted by molar-refractivity contribution is -0.137. The number of phenols is 1. The first-order chi connectivity index (χ1) is 20.6. The first kappa shape index (κ1) is 31.2. The van der Waals surface area contributed by atoms with Gasteiger partial charge in [0.15, 0.2) is 11.7 Å². The average molecular weight is 598 g/mol. The Morgan fingerprint density at radius 2 is 1.88 bits per heavy atom. The number of morpholine rings is 1. The third-order valence-corrected chi connectivity index (χ3v) is 6.39. The van der Waals surface area contributed by atoms with Crippen LogP contribution in [0.3, 0.4) is 0 Å². The number of hydrogen-bond acceptors (Lipinski definition) is 6. The van der Waals surface area contributed by atoms with Gasteiger partial charge in [0.2, 0.25) is 5.96 Å². The van der Waals surface area contributed by atoms with Crippen LogP contribution in [0.2, 0.25) is 0 Å². The van der Waals surface area contributed by atoms with E-state index in [-0.39, 0.29) is 23.2 Å². The number of aliphatic imine (C=N–C) groups is 2. The molecule has 9 nitrogen and oxygen atoms in total. The number of hydrazone groups is 1. The third kappa shape index (κ3) is 8.38. The molecule has 0 unspecified atom stereocenters. The molecule has 0 aliphatic carbocycles. The lowest BCUT2D eigenvalue weighted by Gasteiger charge is -2.28. The number of benzene rings is 2. The number of aromatic hydroxyl groups is 1. The molecule has 1 aliphatic rings. The minimum Gasteiger partial charge on any atom is -0.508 e. The maximum Gasteiger partial charge on any atom is 0.416 e. The second kappa shape index (κ2) is 13.9. The van der Waals surface area contributed by atoms with Gasteiger partial charge in [-0.05, 0) is 60.0 Å². The number of anilines is 2. The van der Waals surface area contributed by atoms with Gasteiger partial charge in [-0.1, -0.05) is 25.6 Å². The van der Waals surface area contributed by atoms with Gasteiger partial charge >= 0.3 is 6.18 Å². The van der Waals surface area contributed by atoms with Crippen LogP contribution in [-0.2, 0) is 17.3 Å². The molecule has 3 N–H and O–H groups in total. The lowest BCUT2D eigenvalue weighted by Crippen LogP contribution is -2.41. The van der Waals surface area contributed by atoms with Gasteiger partial charge < -0.3 is 20.1 Å². The number of aromatic nitrogens is 1. The molecule has 13 heteroatoms. The number of hydrogen-bond donors (Lipinski definition) is 3. The van der Waals surface area contributed by atoms with E-state index >= 15 is 0 Å². The number of alkyl halides is 3. The molecule has 0 atom stereocenters. The molecule has 0 saturated carbocycles. The van der Waals surface area contributed by atoms with Crippen molar-refractivity contribution in [1.82, 2.24) is 15.3 Å². The Balaban J connectivity index is 1.54. The lowest BCUT2D eigenvalue weighted by atomic mass is 10.0. The van der Waals surface area contributed by atoms with Crippen LogP contribution in [0.4, 0.5) is 28.9 Å². The second-order valence-corrected chi connectivity index (χ2v) is 9.41. The van der Waals surface area contributed by atoms with E-state index < -0.39 is 17.6 Å². The fourth-order valence-electron chi connectivity index (χ4n) is 4.30. The Hall–Kier alpha value is -4.78. The summed E-state index contributed by atoms with van der Waals surface area (Å²) >= 11 is 0. The molecule has 2 heterocycles. The van der Waals surface area contributed by atoms with Gasteiger partial charge in [-0.2, -0.15) is 23.3 Å². The highest BCUT2D eigenvalue weighted by Gasteiger charge is 2.31. The van der Waals surface area contributed by atoms with E-state index in [9.17, 15) is 22.7 Å². The van der Waals surface area contributed by atoms with E-state index in [1.54, 1.807) is 35.2 Å². The normalized spacial score (nSPS) is 14.7. The van der Waals surface area contributed by atoms with E-state index in [1.165, 1.54) is 25.4 Å². The highest BCUT2D eigenvalue weighted by molar-refractivity contribution is 6.04. The standard InChI is InChI=1S/C30H31F4N7O2/c1-4-26-27(38-24-15-21(14-22(17-24)30(32,33)34)20-6-5-7-25(42)16-20)9-8-23(37-26)18-36-40-29(35-3)39-28(19(2)31)41-10-12-43-13-11-41/h5-9,14-18,38,42H,2,4,10-13H2,1,3H3,(H,35,40)/b36-18+,39-28+. The summed E-state index contributed by atoms with van der Waals surface area (Å²) in [5.74, 6) is -0.669. The average Bonchev–Trinajstić information content (AvgIpc) is 2.99. The highest BCUT2D eigenvalue weighted by Crippen LogP contribution is 2.36. The molecule has 2 aromatic carbocycles. The highest BCUT2D eigenvalue weighted by atomic mass is 19.4. The Morgan fingerprint density at radius 1 is 1.12 bits per heavy atom. The Morgan fingerprint density at radius 3 is 2.53 bits per heavy atom. The van der Waals surface area contributed by atoms with E-state index in [1.807, 2.05) is 6.92 Å². The number of halogens is 4. The Labute approximate surface area is 246 Å². The molecular weight excluding hydrogens is 566 g/mol. The molecular formula is C30H31F4N7O2. The zero-order valence-corrected chi connectivity index (χ0v) is 23.6. The third-order valence-electron chi connectivity index (χ3n) is 6.39. The SMILES string of the molecule is C=C(F)/C(=N\C(=NC)N/N=C/c1ccc(Nc2cc(-c3cccc(O)c3)cc(C(F)(F)F)c2)c(CC)n1)N1CCOCC1. The van der Waals surface area contributed by atoms with Crippen molar-refractivity contribution < 1.29 is 27.4 Å². The van der Waals surface area contributed by atoms with Crippen LogP contribution in [0, 0.1) is 0 Å². The molecule has 1 fully saturated rings. The fourth-order valence-corrected chi connectivity index (χ4v) is 4.30. The van der Waals surface area contributed by atoms with E-state index in [0.717, 1.165) is 12.1 Å². The molecule has 1 saturated heterocycles. The Kier molecular flexibility index (Phi) is 10.1. The summed E-state index contributed by atoms with van der Waals surface area (Å²) in [7, 11) is 1.48. The number of nitrogens with one attached hydrogen (secondary N) is 2. The molecule has 3 aromatic rings. The van der Waals surface area contributed by atoms with E-state index in [2.05, 4.69) is 37.4 Å². The molecule has 0 bridgehead atoms. The zero-order chi connectivity index (χ0) is 31.0. The van der Waals surface area contributed by atoms with Crippen molar-refractivity contribution in [3.05, 3.63) is 84.0 Å². The predicted molar refractivity (Wildman–Crippen MR) is 160 cm³/mol. The largest absolute Gasteiger partial charge is 0.508 e. The van der Waals surface area contributed by atoms with Gasteiger partial charge in [-0.15, -0.1) is 0 Å². The fraction of sp³-hybridized carbons (Fsp3) is 0.267. The summed E-state index contributed by atoms with van der Waals surface area (Å²) in [5.41, 5.74) is 4.34. The summed E-state index contributed by atoms with van der Waals surface area (Å²) in [5, 5.41) is 17.0. The number of ether oxygens (including phenoxy) is 1. The van der Waals surface area contributed by atoms with Crippen LogP contribution in [0.1, 0.15) is 23.9 Å². The second-order valence-electron chi connectivity index (χ2n) is 9.41. The molecule has 4 rings (SSSR count). The maximum absolute atomic E-state index is 14.1. The van der Waals surface area contributed by atoms with Gasteiger partial charge in [-0.25, -0.2) is 14.8 Å². The van der Waals surface area contributed by atoms with Crippen molar-refractivity contribution in [2.75, 3.05) is 38.7 Å². The summed E-state index contributed by atoms with van der Waals surface area (Å²) in [6.07, 6.45) is -2.68. The van der Waals surface area contributed by atoms with Gasteiger partial charge in [0.1, 0.15) is 5.75 Å². The van der Waals surface area contributed by atoms with Crippen LogP contribution in [-0.4, -0.2) is 66.4 Å². The van der Waals surface area contributed by atoms with Crippen molar-refractivity contribution in [2.24, 2.45) is 15.1 Å². The van der Waals surface area contributed by atoms with E-state index in [0.29, 0.717) is 60.9 Å². The number of nitrogens with zero attached hydrogens (tertiary/aromatic N) is 5. The van der Waals surface area contributed by atoms with E-state index in [4.69, 9.17) is 4.74 Å². The maximum atomic E-state index is 14.1. The Bertz CT molecular complexity index is 1550. The van der Waals surface area contributed by atoms with Crippen LogP contribution < -0.4 is 10.7 Å². The smallest absolute Gasteiger partial charge is 0.416 e. The first-order valence-corrected chi connectivity index (χ1v) is 13.4. The number of amidine groups is 1. The molecule has 1 aliphatic heterocycles. The van der Waals surface area contributed by atoms with Crippen molar-refractivity contribution in [1.29, 1.82) is 0 Å². The van der Waals surface area contributed by atoms with Gasteiger partial charge in [0, 0.05) is 25.8 Å². The number of guanidine groups is 1.